The highest BCUT2D eigenvalue weighted by Gasteiger charge is 2.27. The number of fused-ring (bicyclic) bond motifs is 1. The number of rotatable bonds is 4. The van der Waals surface area contributed by atoms with E-state index in [9.17, 15) is 4.79 Å². The number of likely N-dealkylation sites (tertiary alicyclic amines) is 1. The molecule has 0 saturated carbocycles. The van der Waals surface area contributed by atoms with Crippen molar-refractivity contribution in [3.63, 3.8) is 0 Å². The molecule has 1 amide bonds. The van der Waals surface area contributed by atoms with Crippen molar-refractivity contribution in [2.45, 2.75) is 31.6 Å². The number of amides is 1. The number of piperidine rings is 1. The van der Waals surface area contributed by atoms with Crippen LogP contribution in [0.4, 0.5) is 11.6 Å². The normalized spacial score (nSPS) is 18.9. The molecule has 1 fully saturated rings. The van der Waals surface area contributed by atoms with Crippen molar-refractivity contribution in [2.24, 2.45) is 0 Å². The van der Waals surface area contributed by atoms with Gasteiger partial charge in [0, 0.05) is 60.1 Å². The lowest BCUT2D eigenvalue weighted by molar-refractivity contribution is -0.120. The third-order valence-corrected chi connectivity index (χ3v) is 6.49. The first kappa shape index (κ1) is 20.6. The van der Waals surface area contributed by atoms with Crippen molar-refractivity contribution < 1.29 is 4.79 Å². The molecule has 1 unspecified atom stereocenters. The first-order valence-corrected chi connectivity index (χ1v) is 11.3. The summed E-state index contributed by atoms with van der Waals surface area (Å²) in [6.45, 7) is 3.09. The molecular formula is C25H28N6O. The second-order valence-corrected chi connectivity index (χ2v) is 8.65. The maximum absolute atomic E-state index is 13.1. The largest absolute Gasteiger partial charge is 0.368 e. The lowest BCUT2D eigenvalue weighted by Crippen LogP contribution is -2.45. The summed E-state index contributed by atoms with van der Waals surface area (Å²) in [5.74, 6) is 0.801. The number of hydrogen-bond donors (Lipinski definition) is 1. The summed E-state index contributed by atoms with van der Waals surface area (Å²) in [6, 6.07) is 12.4. The number of aromatic nitrogens is 3. The van der Waals surface area contributed by atoms with Gasteiger partial charge in [-0.1, -0.05) is 24.3 Å². The predicted molar refractivity (Wildman–Crippen MR) is 125 cm³/mol. The fourth-order valence-corrected chi connectivity index (χ4v) is 4.81. The highest BCUT2D eigenvalue weighted by molar-refractivity contribution is 5.96. The maximum Gasteiger partial charge on any atom is 0.241 e. The van der Waals surface area contributed by atoms with Gasteiger partial charge in [-0.25, -0.2) is 9.97 Å². The van der Waals surface area contributed by atoms with Crippen molar-refractivity contribution in [3.05, 3.63) is 66.2 Å². The molecule has 4 heterocycles. The molecule has 0 spiro atoms. The Balaban J connectivity index is 1.24. The number of pyridine rings is 1. The third-order valence-electron chi connectivity index (χ3n) is 6.49. The van der Waals surface area contributed by atoms with Gasteiger partial charge in [0.2, 0.25) is 11.9 Å². The van der Waals surface area contributed by atoms with E-state index in [4.69, 9.17) is 10.7 Å². The molecule has 5 rings (SSSR count). The molecule has 0 radical (unpaired) electrons. The summed E-state index contributed by atoms with van der Waals surface area (Å²) in [6.07, 6.45) is 9.55. The van der Waals surface area contributed by atoms with E-state index in [-0.39, 0.29) is 11.9 Å². The molecule has 32 heavy (non-hydrogen) atoms. The van der Waals surface area contributed by atoms with Gasteiger partial charge in [0.1, 0.15) is 0 Å². The zero-order valence-corrected chi connectivity index (χ0v) is 18.2. The number of hydrogen-bond acceptors (Lipinski definition) is 6. The first-order chi connectivity index (χ1) is 15.7. The summed E-state index contributed by atoms with van der Waals surface area (Å²) in [5.41, 5.74) is 10.9. The zero-order valence-electron chi connectivity index (χ0n) is 18.2. The molecule has 2 aliphatic rings. The van der Waals surface area contributed by atoms with Crippen LogP contribution in [0, 0.1) is 0 Å². The molecule has 7 nitrogen and oxygen atoms in total. The lowest BCUT2D eigenvalue weighted by atomic mass is 9.93. The van der Waals surface area contributed by atoms with Gasteiger partial charge in [0.05, 0.1) is 6.54 Å². The molecule has 1 atom stereocenters. The van der Waals surface area contributed by atoms with Crippen LogP contribution in [0.2, 0.25) is 0 Å². The Kier molecular flexibility index (Phi) is 5.81. The minimum absolute atomic E-state index is 0.199. The summed E-state index contributed by atoms with van der Waals surface area (Å²) in [4.78, 5) is 30.2. The SMILES string of the molecule is Nc1ncc(-c2ccc(C3CCCN(CC(=O)N4CCCc5ccccc54)C3)nc2)cn1. The Morgan fingerprint density at radius 1 is 0.969 bits per heavy atom. The Morgan fingerprint density at radius 2 is 1.78 bits per heavy atom. The molecule has 7 heteroatoms. The average molecular weight is 429 g/mol. The van der Waals surface area contributed by atoms with Gasteiger partial charge in [0.25, 0.3) is 0 Å². The van der Waals surface area contributed by atoms with Crippen molar-refractivity contribution in [3.8, 4) is 11.1 Å². The van der Waals surface area contributed by atoms with Crippen LogP contribution in [0.15, 0.2) is 55.0 Å². The Hall–Kier alpha value is -3.32. The van der Waals surface area contributed by atoms with Crippen molar-refractivity contribution in [2.75, 3.05) is 36.8 Å². The number of carbonyl (C=O) groups is 1. The van der Waals surface area contributed by atoms with Crippen LogP contribution in [-0.2, 0) is 11.2 Å². The van der Waals surface area contributed by atoms with E-state index >= 15 is 0 Å². The van der Waals surface area contributed by atoms with Gasteiger partial charge in [-0.3, -0.25) is 14.7 Å². The molecule has 1 aromatic carbocycles. The number of nitrogen functional groups attached to an aromatic ring is 1. The molecule has 2 aliphatic heterocycles. The molecular weight excluding hydrogens is 400 g/mol. The van der Waals surface area contributed by atoms with Crippen LogP contribution in [0.25, 0.3) is 11.1 Å². The number of anilines is 2. The maximum atomic E-state index is 13.1. The van der Waals surface area contributed by atoms with Gasteiger partial charge < -0.3 is 10.6 Å². The van der Waals surface area contributed by atoms with Crippen molar-refractivity contribution in [1.29, 1.82) is 0 Å². The fraction of sp³-hybridized carbons (Fsp3) is 0.360. The van der Waals surface area contributed by atoms with E-state index in [1.54, 1.807) is 12.4 Å². The Labute approximate surface area is 188 Å². The molecule has 0 aliphatic carbocycles. The van der Waals surface area contributed by atoms with Gasteiger partial charge in [0.15, 0.2) is 0 Å². The van der Waals surface area contributed by atoms with Gasteiger partial charge in [-0.2, -0.15) is 0 Å². The highest BCUT2D eigenvalue weighted by Crippen LogP contribution is 2.29. The fourth-order valence-electron chi connectivity index (χ4n) is 4.81. The smallest absolute Gasteiger partial charge is 0.241 e. The van der Waals surface area contributed by atoms with Crippen molar-refractivity contribution in [1.82, 2.24) is 19.9 Å². The van der Waals surface area contributed by atoms with E-state index in [0.717, 1.165) is 67.8 Å². The monoisotopic (exact) mass is 428 g/mol. The van der Waals surface area contributed by atoms with Crippen molar-refractivity contribution >= 4 is 17.5 Å². The van der Waals surface area contributed by atoms with Crippen LogP contribution in [-0.4, -0.2) is 51.9 Å². The number of nitrogens with two attached hydrogens (primary N) is 1. The summed E-state index contributed by atoms with van der Waals surface area (Å²) in [5, 5.41) is 0. The van der Waals surface area contributed by atoms with Crippen LogP contribution < -0.4 is 10.6 Å². The predicted octanol–water partition coefficient (Wildman–Crippen LogP) is 3.28. The standard InChI is InChI=1S/C25H28N6O/c26-25-28-14-21(15-29-25)19-9-10-22(27-13-19)20-7-3-11-30(16-20)17-24(32)31-12-4-6-18-5-1-2-8-23(18)31/h1-2,5,8-10,13-15,20H,3-4,6-7,11-12,16-17H2,(H2,26,28,29). The van der Waals surface area contributed by atoms with E-state index in [0.29, 0.717) is 12.5 Å². The minimum Gasteiger partial charge on any atom is -0.368 e. The van der Waals surface area contributed by atoms with Crippen LogP contribution in [0.3, 0.4) is 0 Å². The zero-order chi connectivity index (χ0) is 21.9. The highest BCUT2D eigenvalue weighted by atomic mass is 16.2. The topological polar surface area (TPSA) is 88.2 Å². The minimum atomic E-state index is 0.199. The molecule has 2 aromatic heterocycles. The molecule has 164 valence electrons. The van der Waals surface area contributed by atoms with Crippen LogP contribution in [0.1, 0.15) is 36.4 Å². The van der Waals surface area contributed by atoms with Gasteiger partial charge >= 0.3 is 0 Å². The van der Waals surface area contributed by atoms with Gasteiger partial charge in [-0.15, -0.1) is 0 Å². The van der Waals surface area contributed by atoms with E-state index < -0.39 is 0 Å². The number of para-hydroxylation sites is 1. The van der Waals surface area contributed by atoms with E-state index in [2.05, 4.69) is 45.2 Å². The molecule has 1 saturated heterocycles. The van der Waals surface area contributed by atoms with Crippen LogP contribution >= 0.6 is 0 Å². The van der Waals surface area contributed by atoms with Gasteiger partial charge in [-0.05, 0) is 49.9 Å². The molecule has 0 bridgehead atoms. The average Bonchev–Trinajstić information content (AvgIpc) is 2.84. The summed E-state index contributed by atoms with van der Waals surface area (Å²) < 4.78 is 0. The number of carbonyl (C=O) groups excluding carboxylic acids is 1. The van der Waals surface area contributed by atoms with Crippen LogP contribution in [0.5, 0.6) is 0 Å². The Morgan fingerprint density at radius 3 is 2.59 bits per heavy atom. The Bertz CT molecular complexity index is 1080. The lowest BCUT2D eigenvalue weighted by Gasteiger charge is -2.35. The quantitative estimate of drug-likeness (QED) is 0.686. The van der Waals surface area contributed by atoms with E-state index in [1.807, 2.05) is 17.2 Å². The second-order valence-electron chi connectivity index (χ2n) is 8.65. The molecule has 3 aromatic rings. The number of benzene rings is 1. The first-order valence-electron chi connectivity index (χ1n) is 11.3. The number of nitrogens with zero attached hydrogens (tertiary/aromatic N) is 5. The summed E-state index contributed by atoms with van der Waals surface area (Å²) in [7, 11) is 0. The number of aryl methyl sites for hydroxylation is 1. The second kappa shape index (κ2) is 9.04. The molecule has 2 N–H and O–H groups in total. The van der Waals surface area contributed by atoms with E-state index in [1.165, 1.54) is 5.56 Å². The third kappa shape index (κ3) is 4.34. The summed E-state index contributed by atoms with van der Waals surface area (Å²) >= 11 is 0.